The highest BCUT2D eigenvalue weighted by atomic mass is 16.5. The number of carbonyl (C=O) groups excluding carboxylic acids is 1. The second-order valence-electron chi connectivity index (χ2n) is 7.70. The SMILES string of the molecule is COc1cc2c(cc1NC(=O)C[NH+](C)Cc1ccc(OC)c(OC)c1)oc1ccccc12. The second-order valence-corrected chi connectivity index (χ2v) is 7.70. The summed E-state index contributed by atoms with van der Waals surface area (Å²) in [6.45, 7) is 0.948. The van der Waals surface area contributed by atoms with Crippen molar-refractivity contribution in [1.82, 2.24) is 0 Å². The van der Waals surface area contributed by atoms with Crippen LogP contribution in [0.5, 0.6) is 17.2 Å². The van der Waals surface area contributed by atoms with E-state index in [2.05, 4.69) is 5.32 Å². The van der Waals surface area contributed by atoms with Gasteiger partial charge in [0, 0.05) is 22.4 Å². The molecule has 1 amide bonds. The largest absolute Gasteiger partial charge is 0.495 e. The third-order valence-corrected chi connectivity index (χ3v) is 5.39. The Morgan fingerprint density at radius 1 is 0.875 bits per heavy atom. The van der Waals surface area contributed by atoms with E-state index in [9.17, 15) is 4.79 Å². The number of rotatable bonds is 8. The van der Waals surface area contributed by atoms with E-state index >= 15 is 0 Å². The standard InChI is InChI=1S/C25H26N2O5/c1-27(14-16-9-10-21(29-2)24(11-16)31-4)15-25(28)26-19-13-22-18(12-23(19)30-3)17-7-5-6-8-20(17)32-22/h5-13H,14-15H2,1-4H3,(H,26,28)/p+1. The number of anilines is 1. The summed E-state index contributed by atoms with van der Waals surface area (Å²) >= 11 is 0. The minimum absolute atomic E-state index is 0.114. The predicted octanol–water partition coefficient (Wildman–Crippen LogP) is 3.27. The molecule has 4 aromatic rings. The molecule has 0 saturated heterocycles. The first kappa shape index (κ1) is 21.5. The molecule has 0 aliphatic heterocycles. The lowest BCUT2D eigenvalue weighted by Crippen LogP contribution is -3.08. The maximum absolute atomic E-state index is 12.8. The quantitative estimate of drug-likeness (QED) is 0.444. The lowest BCUT2D eigenvalue weighted by atomic mass is 10.1. The van der Waals surface area contributed by atoms with Crippen molar-refractivity contribution in [2.24, 2.45) is 0 Å². The first-order valence-corrected chi connectivity index (χ1v) is 10.3. The van der Waals surface area contributed by atoms with Crippen molar-refractivity contribution >= 4 is 33.5 Å². The number of hydrogen-bond acceptors (Lipinski definition) is 5. The zero-order chi connectivity index (χ0) is 22.7. The van der Waals surface area contributed by atoms with E-state index in [1.54, 1.807) is 21.3 Å². The van der Waals surface area contributed by atoms with Crippen LogP contribution in [0.3, 0.4) is 0 Å². The number of carbonyl (C=O) groups is 1. The van der Waals surface area contributed by atoms with Crippen LogP contribution in [-0.2, 0) is 11.3 Å². The molecule has 2 N–H and O–H groups in total. The summed E-state index contributed by atoms with van der Waals surface area (Å²) in [5.41, 5.74) is 3.14. The van der Waals surface area contributed by atoms with Gasteiger partial charge in [-0.05, 0) is 30.3 Å². The molecule has 0 spiro atoms. The predicted molar refractivity (Wildman–Crippen MR) is 124 cm³/mol. The van der Waals surface area contributed by atoms with E-state index in [1.165, 1.54) is 0 Å². The van der Waals surface area contributed by atoms with Gasteiger partial charge in [0.1, 0.15) is 23.5 Å². The Kier molecular flexibility index (Phi) is 6.18. The van der Waals surface area contributed by atoms with Gasteiger partial charge in [-0.1, -0.05) is 18.2 Å². The molecular formula is C25H27N2O5+. The maximum atomic E-state index is 12.8. The normalized spacial score (nSPS) is 12.0. The Hall–Kier alpha value is -3.71. The molecule has 4 rings (SSSR count). The molecule has 0 saturated carbocycles. The van der Waals surface area contributed by atoms with Crippen LogP contribution in [-0.4, -0.2) is 40.8 Å². The molecule has 0 radical (unpaired) electrons. The van der Waals surface area contributed by atoms with E-state index in [-0.39, 0.29) is 12.5 Å². The number of furan rings is 1. The molecule has 1 aromatic heterocycles. The van der Waals surface area contributed by atoms with Crippen LogP contribution in [0, 0.1) is 0 Å². The number of fused-ring (bicyclic) bond motifs is 3. The zero-order valence-corrected chi connectivity index (χ0v) is 18.7. The number of hydrogen-bond donors (Lipinski definition) is 2. The molecule has 166 valence electrons. The Bertz CT molecular complexity index is 1260. The number of ether oxygens (including phenoxy) is 3. The molecule has 32 heavy (non-hydrogen) atoms. The number of quaternary nitrogens is 1. The van der Waals surface area contributed by atoms with Crippen LogP contribution in [0.4, 0.5) is 5.69 Å². The zero-order valence-electron chi connectivity index (χ0n) is 18.7. The van der Waals surface area contributed by atoms with Gasteiger partial charge >= 0.3 is 0 Å². The number of benzene rings is 3. The van der Waals surface area contributed by atoms with Gasteiger partial charge < -0.3 is 28.8 Å². The fraction of sp³-hybridized carbons (Fsp3) is 0.240. The minimum atomic E-state index is -0.114. The van der Waals surface area contributed by atoms with E-state index in [0.29, 0.717) is 35.1 Å². The van der Waals surface area contributed by atoms with Gasteiger partial charge in [0.25, 0.3) is 5.91 Å². The van der Waals surface area contributed by atoms with Crippen molar-refractivity contribution in [3.63, 3.8) is 0 Å². The van der Waals surface area contributed by atoms with Crippen molar-refractivity contribution in [3.8, 4) is 17.2 Å². The van der Waals surface area contributed by atoms with Crippen molar-refractivity contribution < 1.29 is 28.3 Å². The molecule has 0 fully saturated rings. The van der Waals surface area contributed by atoms with Crippen LogP contribution in [0.25, 0.3) is 21.9 Å². The van der Waals surface area contributed by atoms with E-state index in [4.69, 9.17) is 18.6 Å². The molecule has 0 aliphatic carbocycles. The summed E-state index contributed by atoms with van der Waals surface area (Å²) in [5, 5.41) is 4.93. The first-order chi connectivity index (χ1) is 15.5. The molecule has 7 nitrogen and oxygen atoms in total. The summed E-state index contributed by atoms with van der Waals surface area (Å²) in [4.78, 5) is 13.8. The number of amides is 1. The number of nitrogens with one attached hydrogen (secondary N) is 2. The minimum Gasteiger partial charge on any atom is -0.495 e. The number of likely N-dealkylation sites (N-methyl/N-ethyl adjacent to an activating group) is 1. The molecular weight excluding hydrogens is 408 g/mol. The number of para-hydroxylation sites is 1. The number of methoxy groups -OCH3 is 3. The Labute approximate surface area is 186 Å². The van der Waals surface area contributed by atoms with E-state index in [0.717, 1.165) is 26.8 Å². The monoisotopic (exact) mass is 435 g/mol. The third kappa shape index (κ3) is 4.33. The molecule has 3 aromatic carbocycles. The van der Waals surface area contributed by atoms with Crippen LogP contribution in [0.2, 0.25) is 0 Å². The van der Waals surface area contributed by atoms with Gasteiger partial charge in [0.15, 0.2) is 18.0 Å². The Balaban J connectivity index is 1.48. The van der Waals surface area contributed by atoms with Crippen LogP contribution in [0.15, 0.2) is 59.0 Å². The van der Waals surface area contributed by atoms with Gasteiger partial charge in [0.2, 0.25) is 0 Å². The first-order valence-electron chi connectivity index (χ1n) is 10.3. The molecule has 0 bridgehead atoms. The summed E-state index contributed by atoms with van der Waals surface area (Å²) in [6.07, 6.45) is 0. The second kappa shape index (κ2) is 9.20. The van der Waals surface area contributed by atoms with Crippen molar-refractivity contribution in [2.75, 3.05) is 40.2 Å². The van der Waals surface area contributed by atoms with Gasteiger partial charge in [-0.15, -0.1) is 0 Å². The molecule has 1 unspecified atom stereocenters. The summed E-state index contributed by atoms with van der Waals surface area (Å²) in [5.74, 6) is 1.83. The van der Waals surface area contributed by atoms with Crippen molar-refractivity contribution in [3.05, 3.63) is 60.2 Å². The molecule has 1 heterocycles. The van der Waals surface area contributed by atoms with Gasteiger partial charge in [-0.2, -0.15) is 0 Å². The smallest absolute Gasteiger partial charge is 0.279 e. The summed E-state index contributed by atoms with van der Waals surface area (Å²) in [7, 11) is 6.78. The maximum Gasteiger partial charge on any atom is 0.279 e. The summed E-state index contributed by atoms with van der Waals surface area (Å²) < 4.78 is 22.1. The fourth-order valence-corrected chi connectivity index (χ4v) is 3.89. The van der Waals surface area contributed by atoms with Crippen LogP contribution in [0.1, 0.15) is 5.56 Å². The van der Waals surface area contributed by atoms with Gasteiger partial charge in [-0.3, -0.25) is 4.79 Å². The molecule has 0 aliphatic rings. The average molecular weight is 436 g/mol. The summed E-state index contributed by atoms with van der Waals surface area (Å²) in [6, 6.07) is 17.3. The Morgan fingerprint density at radius 3 is 2.38 bits per heavy atom. The average Bonchev–Trinajstić information content (AvgIpc) is 3.15. The van der Waals surface area contributed by atoms with Crippen LogP contribution >= 0.6 is 0 Å². The topological polar surface area (TPSA) is 74.4 Å². The fourth-order valence-electron chi connectivity index (χ4n) is 3.89. The molecule has 1 atom stereocenters. The van der Waals surface area contributed by atoms with E-state index < -0.39 is 0 Å². The van der Waals surface area contributed by atoms with E-state index in [1.807, 2.05) is 61.6 Å². The lowest BCUT2D eigenvalue weighted by molar-refractivity contribution is -0.885. The highest BCUT2D eigenvalue weighted by Crippen LogP contribution is 2.36. The van der Waals surface area contributed by atoms with Crippen molar-refractivity contribution in [1.29, 1.82) is 0 Å². The third-order valence-electron chi connectivity index (χ3n) is 5.39. The van der Waals surface area contributed by atoms with Crippen molar-refractivity contribution in [2.45, 2.75) is 6.54 Å². The van der Waals surface area contributed by atoms with Gasteiger partial charge in [-0.25, -0.2) is 0 Å². The van der Waals surface area contributed by atoms with Gasteiger partial charge in [0.05, 0.1) is 34.1 Å². The van der Waals surface area contributed by atoms with Crippen LogP contribution < -0.4 is 24.4 Å². The molecule has 7 heteroatoms. The lowest BCUT2D eigenvalue weighted by Gasteiger charge is -2.16. The highest BCUT2D eigenvalue weighted by Gasteiger charge is 2.17. The highest BCUT2D eigenvalue weighted by molar-refractivity contribution is 6.07. The Morgan fingerprint density at radius 2 is 1.62 bits per heavy atom.